The molecule has 0 aliphatic carbocycles. The predicted octanol–water partition coefficient (Wildman–Crippen LogP) is 2.87. The number of carbonyl (C=O) groups is 1. The monoisotopic (exact) mass is 302 g/mol. The summed E-state index contributed by atoms with van der Waals surface area (Å²) >= 11 is 0. The van der Waals surface area contributed by atoms with Gasteiger partial charge < -0.3 is 5.32 Å². The molecule has 0 aliphatic heterocycles. The highest BCUT2D eigenvalue weighted by Gasteiger charge is 2.63. The van der Waals surface area contributed by atoms with E-state index in [-0.39, 0.29) is 0 Å². The van der Waals surface area contributed by atoms with E-state index in [0.717, 1.165) is 5.32 Å². The van der Waals surface area contributed by atoms with Crippen molar-refractivity contribution in [1.82, 2.24) is 0 Å². The summed E-state index contributed by atoms with van der Waals surface area (Å²) in [5.41, 5.74) is -1.95. The molecule has 1 N–H and O–H groups in total. The molecule has 0 spiro atoms. The molecule has 11 heteroatoms. The number of nitrogens with zero attached hydrogens (tertiary/aromatic N) is 1. The molecule has 0 atom stereocenters. The Labute approximate surface area is 106 Å². The lowest BCUT2D eigenvalue weighted by atomic mass is 10.2. The van der Waals surface area contributed by atoms with Crippen LogP contribution in [0.2, 0.25) is 0 Å². The minimum atomic E-state index is -6.17. The minimum absolute atomic E-state index is 0.319. The summed E-state index contributed by atoms with van der Waals surface area (Å²) in [5, 5.41) is 11.3. The average molecular weight is 302 g/mol. The molecule has 0 bridgehead atoms. The number of nitro groups is 1. The van der Waals surface area contributed by atoms with Gasteiger partial charge in [0.2, 0.25) is 0 Å². The molecule has 0 saturated heterocycles. The first-order valence-corrected chi connectivity index (χ1v) is 4.66. The quantitative estimate of drug-likeness (QED) is 0.530. The molecule has 20 heavy (non-hydrogen) atoms. The van der Waals surface area contributed by atoms with E-state index < -0.39 is 40.1 Å². The smallest absolute Gasteiger partial charge is 0.318 e. The zero-order chi connectivity index (χ0) is 15.7. The number of carbonyl (C=O) groups excluding carboxylic acids is 1. The summed E-state index contributed by atoms with van der Waals surface area (Å²) in [5.74, 6) is -10.0. The molecule has 5 nitrogen and oxygen atoms in total. The lowest BCUT2D eigenvalue weighted by Crippen LogP contribution is -2.47. The Bertz CT molecular complexity index is 557. The molecule has 0 aromatic heterocycles. The summed E-state index contributed by atoms with van der Waals surface area (Å²) in [4.78, 5) is 20.1. The van der Waals surface area contributed by atoms with Gasteiger partial charge >= 0.3 is 18.0 Å². The van der Waals surface area contributed by atoms with Gasteiger partial charge in [-0.1, -0.05) is 0 Å². The van der Waals surface area contributed by atoms with E-state index >= 15 is 0 Å². The van der Waals surface area contributed by atoms with Gasteiger partial charge in [0, 0.05) is 12.1 Å². The number of benzene rings is 1. The van der Waals surface area contributed by atoms with Crippen molar-refractivity contribution in [2.75, 3.05) is 5.32 Å². The lowest BCUT2D eigenvalue weighted by Gasteiger charge is -2.18. The summed E-state index contributed by atoms with van der Waals surface area (Å²) in [6.07, 6.45) is -6.17. The van der Waals surface area contributed by atoms with E-state index in [9.17, 15) is 41.3 Å². The van der Waals surface area contributed by atoms with Crippen molar-refractivity contribution >= 4 is 17.3 Å². The van der Waals surface area contributed by atoms with Gasteiger partial charge in [-0.3, -0.25) is 14.9 Å². The number of rotatable bonds is 3. The number of anilines is 1. The highest BCUT2D eigenvalue weighted by Crippen LogP contribution is 2.36. The van der Waals surface area contributed by atoms with E-state index in [2.05, 4.69) is 0 Å². The fraction of sp³-hybridized carbons (Fsp3) is 0.222. The fourth-order valence-electron chi connectivity index (χ4n) is 1.05. The van der Waals surface area contributed by atoms with Crippen LogP contribution in [0.1, 0.15) is 0 Å². The first-order chi connectivity index (χ1) is 8.96. The third-order valence-corrected chi connectivity index (χ3v) is 2.05. The third kappa shape index (κ3) is 2.97. The van der Waals surface area contributed by atoms with E-state index in [1.807, 2.05) is 0 Å². The Balaban J connectivity index is 3.08. The van der Waals surface area contributed by atoms with E-state index in [1.54, 1.807) is 0 Å². The van der Waals surface area contributed by atoms with Gasteiger partial charge in [0.05, 0.1) is 10.6 Å². The number of alkyl halides is 5. The molecule has 110 valence electrons. The van der Waals surface area contributed by atoms with Crippen molar-refractivity contribution in [3.05, 3.63) is 34.1 Å². The zero-order valence-corrected chi connectivity index (χ0v) is 9.17. The van der Waals surface area contributed by atoms with E-state index in [4.69, 9.17) is 0 Å². The molecule has 0 heterocycles. The van der Waals surface area contributed by atoms with Gasteiger partial charge in [-0.05, 0) is 6.07 Å². The van der Waals surface area contributed by atoms with Crippen LogP contribution in [0.25, 0.3) is 0 Å². The number of nitro benzene ring substituents is 1. The van der Waals surface area contributed by atoms with Gasteiger partial charge in [0.25, 0.3) is 5.69 Å². The highest BCUT2D eigenvalue weighted by molar-refractivity contribution is 5.97. The maximum Gasteiger partial charge on any atom is 0.463 e. The first-order valence-electron chi connectivity index (χ1n) is 4.66. The Morgan fingerprint density at radius 1 is 1.20 bits per heavy atom. The molecule has 0 unspecified atom stereocenters. The van der Waals surface area contributed by atoms with Crippen LogP contribution >= 0.6 is 0 Å². The van der Waals surface area contributed by atoms with Gasteiger partial charge in [-0.15, -0.1) is 0 Å². The van der Waals surface area contributed by atoms with E-state index in [1.165, 1.54) is 0 Å². The second-order valence-corrected chi connectivity index (χ2v) is 3.45. The number of non-ortho nitro benzene ring substituents is 1. The predicted molar refractivity (Wildman–Crippen MR) is 52.7 cm³/mol. The molecule has 1 aromatic rings. The van der Waals surface area contributed by atoms with Gasteiger partial charge in [0.15, 0.2) is 0 Å². The van der Waals surface area contributed by atoms with Crippen molar-refractivity contribution < 1.29 is 36.1 Å². The van der Waals surface area contributed by atoms with Crippen molar-refractivity contribution in [2.24, 2.45) is 0 Å². The van der Waals surface area contributed by atoms with Gasteiger partial charge in [-0.2, -0.15) is 22.0 Å². The molecular weight excluding hydrogens is 298 g/mol. The molecule has 0 fully saturated rings. The summed E-state index contributed by atoms with van der Waals surface area (Å²) in [6, 6.07) is 1.41. The number of amides is 1. The first kappa shape index (κ1) is 15.7. The molecule has 1 aromatic carbocycles. The van der Waals surface area contributed by atoms with Gasteiger partial charge in [-0.25, -0.2) is 4.39 Å². The van der Waals surface area contributed by atoms with Crippen LogP contribution < -0.4 is 5.32 Å². The van der Waals surface area contributed by atoms with Crippen molar-refractivity contribution in [3.8, 4) is 0 Å². The summed E-state index contributed by atoms with van der Waals surface area (Å²) in [6.45, 7) is 0. The molecule has 0 radical (unpaired) electrons. The highest BCUT2D eigenvalue weighted by atomic mass is 19.4. The van der Waals surface area contributed by atoms with Crippen molar-refractivity contribution in [2.45, 2.75) is 12.1 Å². The lowest BCUT2D eigenvalue weighted by molar-refractivity contribution is -0.384. The van der Waals surface area contributed by atoms with Crippen LogP contribution in [0.15, 0.2) is 18.2 Å². The van der Waals surface area contributed by atoms with Crippen LogP contribution in [-0.4, -0.2) is 22.9 Å². The molecule has 0 aliphatic rings. The van der Waals surface area contributed by atoms with Crippen LogP contribution in [-0.2, 0) is 4.79 Å². The maximum absolute atomic E-state index is 13.1. The second kappa shape index (κ2) is 4.98. The molecule has 0 saturated carbocycles. The largest absolute Gasteiger partial charge is 0.463 e. The van der Waals surface area contributed by atoms with Gasteiger partial charge in [0.1, 0.15) is 5.82 Å². The van der Waals surface area contributed by atoms with Crippen LogP contribution in [0.5, 0.6) is 0 Å². The summed E-state index contributed by atoms with van der Waals surface area (Å²) in [7, 11) is 0. The molecule has 1 rings (SSSR count). The Morgan fingerprint density at radius 2 is 1.75 bits per heavy atom. The Morgan fingerprint density at radius 3 is 2.20 bits per heavy atom. The number of hydrogen-bond acceptors (Lipinski definition) is 3. The van der Waals surface area contributed by atoms with Crippen molar-refractivity contribution in [1.29, 1.82) is 0 Å². The maximum atomic E-state index is 13.1. The van der Waals surface area contributed by atoms with Crippen LogP contribution in [0, 0.1) is 15.9 Å². The zero-order valence-electron chi connectivity index (χ0n) is 9.17. The van der Waals surface area contributed by atoms with Crippen LogP contribution in [0.3, 0.4) is 0 Å². The van der Waals surface area contributed by atoms with E-state index in [0.29, 0.717) is 18.2 Å². The second-order valence-electron chi connectivity index (χ2n) is 3.45. The normalized spacial score (nSPS) is 12.1. The number of nitrogens with one attached hydrogen (secondary N) is 1. The Hall–Kier alpha value is -2.33. The number of hydrogen-bond donors (Lipinski definition) is 1. The number of halogens is 6. The fourth-order valence-corrected chi connectivity index (χ4v) is 1.05. The summed E-state index contributed by atoms with van der Waals surface area (Å²) < 4.78 is 74.0. The molecular formula is C9H4F6N2O3. The average Bonchev–Trinajstić information content (AvgIpc) is 2.29. The third-order valence-electron chi connectivity index (χ3n) is 2.05. The van der Waals surface area contributed by atoms with Crippen LogP contribution in [0.4, 0.5) is 37.7 Å². The standard InChI is InChI=1S/C9H4F6N2O3/c10-5-2-1-4(17(19)20)3-6(5)16-7(18)8(11,12)9(13,14)15/h1-3H,(H,16,18). The SMILES string of the molecule is O=C(Nc1cc([N+](=O)[O-])ccc1F)C(F)(F)C(F)(F)F. The Kier molecular flexibility index (Phi) is 3.92. The van der Waals surface area contributed by atoms with Crippen molar-refractivity contribution in [3.63, 3.8) is 0 Å². The topological polar surface area (TPSA) is 72.2 Å². The molecule has 1 amide bonds. The minimum Gasteiger partial charge on any atom is -0.318 e.